The summed E-state index contributed by atoms with van der Waals surface area (Å²) in [6, 6.07) is 9.35. The topological polar surface area (TPSA) is 88.4 Å². The van der Waals surface area contributed by atoms with E-state index in [-0.39, 0.29) is 12.0 Å². The number of pyridine rings is 1. The number of rotatable bonds is 6. The fraction of sp³-hybridized carbons (Fsp3) is 0.235. The third-order valence-corrected chi connectivity index (χ3v) is 3.49. The maximum atomic E-state index is 12.4. The number of carbonyl (C=O) groups excluding carboxylic acids is 1. The molecule has 0 aliphatic carbocycles. The summed E-state index contributed by atoms with van der Waals surface area (Å²) in [5.41, 5.74) is -0.585. The molecule has 1 aromatic carbocycles. The molecule has 0 spiro atoms. The van der Waals surface area contributed by atoms with Crippen LogP contribution < -0.4 is 10.9 Å². The Bertz CT molecular complexity index is 847. The molecule has 0 aliphatic rings. The first-order valence-corrected chi connectivity index (χ1v) is 7.50. The van der Waals surface area contributed by atoms with Crippen molar-refractivity contribution < 1.29 is 27.9 Å². The van der Waals surface area contributed by atoms with E-state index in [0.29, 0.717) is 10.1 Å². The number of carbonyl (C=O) groups is 2. The van der Waals surface area contributed by atoms with E-state index in [1.165, 1.54) is 0 Å². The summed E-state index contributed by atoms with van der Waals surface area (Å²) in [6.07, 6.45) is -4.08. The lowest BCUT2D eigenvalue weighted by atomic mass is 10.0. The number of nitrogens with zero attached hydrogens (tertiary/aromatic N) is 1. The molecule has 6 nitrogen and oxygen atoms in total. The highest BCUT2D eigenvalue weighted by molar-refractivity contribution is 5.94. The number of carboxylic acids is 1. The Labute approximate surface area is 145 Å². The molecule has 0 fully saturated rings. The Morgan fingerprint density at radius 1 is 1.15 bits per heavy atom. The molecule has 2 rings (SSSR count). The van der Waals surface area contributed by atoms with Gasteiger partial charge in [0.25, 0.3) is 11.5 Å². The van der Waals surface area contributed by atoms with Crippen molar-refractivity contribution in [3.8, 4) is 0 Å². The van der Waals surface area contributed by atoms with Crippen molar-refractivity contribution in [2.45, 2.75) is 25.2 Å². The van der Waals surface area contributed by atoms with Gasteiger partial charge in [0, 0.05) is 17.8 Å². The van der Waals surface area contributed by atoms with E-state index in [2.05, 4.69) is 5.32 Å². The number of aromatic nitrogens is 1. The van der Waals surface area contributed by atoms with Crippen LogP contribution in [0.15, 0.2) is 53.5 Å². The van der Waals surface area contributed by atoms with Gasteiger partial charge in [0.1, 0.15) is 6.54 Å². The number of nitrogens with one attached hydrogen (secondary N) is 1. The maximum absolute atomic E-state index is 12.4. The molecule has 2 N–H and O–H groups in total. The Morgan fingerprint density at radius 3 is 2.35 bits per heavy atom. The van der Waals surface area contributed by atoms with Crippen LogP contribution in [0.3, 0.4) is 0 Å². The van der Waals surface area contributed by atoms with Crippen molar-refractivity contribution in [3.63, 3.8) is 0 Å². The molecular weight excluding hydrogens is 353 g/mol. The molecule has 1 atom stereocenters. The summed E-state index contributed by atoms with van der Waals surface area (Å²) in [7, 11) is 0. The molecule has 0 aliphatic heterocycles. The summed E-state index contributed by atoms with van der Waals surface area (Å²) in [4.78, 5) is 35.1. The quantitative estimate of drug-likeness (QED) is 0.819. The summed E-state index contributed by atoms with van der Waals surface area (Å²) in [5.74, 6) is -1.89. The predicted octanol–water partition coefficient (Wildman–Crippen LogP) is 2.36. The zero-order chi connectivity index (χ0) is 19.3. The third-order valence-electron chi connectivity index (χ3n) is 3.49. The minimum absolute atomic E-state index is 0.153. The van der Waals surface area contributed by atoms with Crippen LogP contribution in [0, 0.1) is 0 Å². The number of amides is 1. The first-order chi connectivity index (χ1) is 12.2. The highest BCUT2D eigenvalue weighted by atomic mass is 19.4. The fourth-order valence-electron chi connectivity index (χ4n) is 2.33. The average Bonchev–Trinajstić information content (AvgIpc) is 2.55. The van der Waals surface area contributed by atoms with E-state index in [9.17, 15) is 27.6 Å². The highest BCUT2D eigenvalue weighted by Gasteiger charge is 2.28. The molecule has 1 heterocycles. The molecule has 0 radical (unpaired) electrons. The van der Waals surface area contributed by atoms with Crippen LogP contribution in [0.4, 0.5) is 13.2 Å². The fourth-order valence-corrected chi connectivity index (χ4v) is 2.33. The first-order valence-electron chi connectivity index (χ1n) is 7.50. The minimum Gasteiger partial charge on any atom is -0.481 e. The van der Waals surface area contributed by atoms with Crippen LogP contribution >= 0.6 is 0 Å². The lowest BCUT2D eigenvalue weighted by Crippen LogP contribution is -2.32. The van der Waals surface area contributed by atoms with E-state index in [0.717, 1.165) is 18.3 Å². The molecular formula is C17H15F3N2O4. The zero-order valence-corrected chi connectivity index (χ0v) is 13.4. The monoisotopic (exact) mass is 368 g/mol. The Balaban J connectivity index is 2.20. The largest absolute Gasteiger partial charge is 0.481 e. The highest BCUT2D eigenvalue weighted by Crippen LogP contribution is 2.18. The van der Waals surface area contributed by atoms with Crippen molar-refractivity contribution in [2.24, 2.45) is 0 Å². The van der Waals surface area contributed by atoms with Crippen molar-refractivity contribution >= 4 is 11.9 Å². The molecule has 2 aromatic rings. The van der Waals surface area contributed by atoms with Gasteiger partial charge in [-0.2, -0.15) is 13.2 Å². The number of halogens is 3. The molecule has 0 bridgehead atoms. The van der Waals surface area contributed by atoms with Gasteiger partial charge in [0.2, 0.25) is 0 Å². The minimum atomic E-state index is -4.56. The first kappa shape index (κ1) is 19.2. The average molecular weight is 368 g/mol. The Kier molecular flexibility index (Phi) is 5.81. The van der Waals surface area contributed by atoms with Crippen LogP contribution in [0.5, 0.6) is 0 Å². The summed E-state index contributed by atoms with van der Waals surface area (Å²) < 4.78 is 37.5. The molecule has 138 valence electrons. The predicted molar refractivity (Wildman–Crippen MR) is 85.7 cm³/mol. The normalized spacial score (nSPS) is 12.4. The molecule has 0 saturated heterocycles. The molecule has 0 unspecified atom stereocenters. The van der Waals surface area contributed by atoms with Gasteiger partial charge in [-0.15, -0.1) is 0 Å². The second-order valence-electron chi connectivity index (χ2n) is 5.53. The summed E-state index contributed by atoms with van der Waals surface area (Å²) in [6.45, 7) is -1.46. The van der Waals surface area contributed by atoms with Crippen LogP contribution in [0.2, 0.25) is 0 Å². The van der Waals surface area contributed by atoms with Gasteiger partial charge < -0.3 is 15.0 Å². The number of alkyl halides is 3. The van der Waals surface area contributed by atoms with Gasteiger partial charge in [0.15, 0.2) is 0 Å². The summed E-state index contributed by atoms with van der Waals surface area (Å²) >= 11 is 0. The van der Waals surface area contributed by atoms with Gasteiger partial charge >= 0.3 is 12.1 Å². The van der Waals surface area contributed by atoms with Gasteiger partial charge in [-0.25, -0.2) is 0 Å². The smallest absolute Gasteiger partial charge is 0.406 e. The Hall–Kier alpha value is -3.10. The van der Waals surface area contributed by atoms with Crippen molar-refractivity contribution in [3.05, 3.63) is 70.1 Å². The zero-order valence-electron chi connectivity index (χ0n) is 13.4. The second kappa shape index (κ2) is 7.85. The number of benzene rings is 1. The number of hydrogen-bond donors (Lipinski definition) is 2. The molecule has 26 heavy (non-hydrogen) atoms. The van der Waals surface area contributed by atoms with E-state index in [1.807, 2.05) is 0 Å². The van der Waals surface area contributed by atoms with Gasteiger partial charge in [-0.05, 0) is 11.6 Å². The number of carboxylic acid groups (broad SMARTS) is 1. The SMILES string of the molecule is O=C(O)C[C@H](NC(=O)c1ccn(CC(F)(F)F)c(=O)c1)c1ccccc1. The lowest BCUT2D eigenvalue weighted by molar-refractivity contribution is -0.141. The second-order valence-corrected chi connectivity index (χ2v) is 5.53. The van der Waals surface area contributed by atoms with Gasteiger partial charge in [-0.3, -0.25) is 14.4 Å². The Morgan fingerprint density at radius 2 is 1.81 bits per heavy atom. The lowest BCUT2D eigenvalue weighted by Gasteiger charge is -2.17. The van der Waals surface area contributed by atoms with Crippen LogP contribution in [-0.4, -0.2) is 27.7 Å². The molecule has 1 amide bonds. The molecule has 9 heteroatoms. The molecule has 1 aromatic heterocycles. The standard InChI is InChI=1S/C17H15F3N2O4/c18-17(19,20)10-22-7-6-12(8-14(22)23)16(26)21-13(9-15(24)25)11-4-2-1-3-5-11/h1-8,13H,9-10H2,(H,21,26)(H,24,25)/t13-/m0/s1. The van der Waals surface area contributed by atoms with E-state index < -0.39 is 36.2 Å². The van der Waals surface area contributed by atoms with E-state index in [1.54, 1.807) is 30.3 Å². The van der Waals surface area contributed by atoms with Crippen molar-refractivity contribution in [1.29, 1.82) is 0 Å². The van der Waals surface area contributed by atoms with Crippen molar-refractivity contribution in [2.75, 3.05) is 0 Å². The maximum Gasteiger partial charge on any atom is 0.406 e. The van der Waals surface area contributed by atoms with Crippen LogP contribution in [0.25, 0.3) is 0 Å². The summed E-state index contributed by atoms with van der Waals surface area (Å²) in [5, 5.41) is 11.5. The van der Waals surface area contributed by atoms with Crippen LogP contribution in [0.1, 0.15) is 28.4 Å². The number of aliphatic carboxylic acids is 1. The molecule has 0 saturated carbocycles. The van der Waals surface area contributed by atoms with E-state index >= 15 is 0 Å². The van der Waals surface area contributed by atoms with Crippen LogP contribution in [-0.2, 0) is 11.3 Å². The number of hydrogen-bond acceptors (Lipinski definition) is 3. The third kappa shape index (κ3) is 5.47. The van der Waals surface area contributed by atoms with Gasteiger partial charge in [0.05, 0.1) is 12.5 Å². The van der Waals surface area contributed by atoms with Crippen molar-refractivity contribution in [1.82, 2.24) is 9.88 Å². The van der Waals surface area contributed by atoms with Gasteiger partial charge in [-0.1, -0.05) is 30.3 Å². The van der Waals surface area contributed by atoms with E-state index in [4.69, 9.17) is 5.11 Å².